The summed E-state index contributed by atoms with van der Waals surface area (Å²) < 4.78 is 10.3. The zero-order valence-corrected chi connectivity index (χ0v) is 12.3. The molecule has 0 atom stereocenters. The fraction of sp³-hybridized carbons (Fsp3) is 0.125. The van der Waals surface area contributed by atoms with Gasteiger partial charge in [0.1, 0.15) is 11.5 Å². The van der Waals surface area contributed by atoms with E-state index in [2.05, 4.69) is 0 Å². The van der Waals surface area contributed by atoms with Crippen molar-refractivity contribution >= 4 is 22.8 Å². The van der Waals surface area contributed by atoms with Crippen LogP contribution in [0.15, 0.2) is 42.5 Å². The van der Waals surface area contributed by atoms with E-state index in [1.54, 1.807) is 36.4 Å². The van der Waals surface area contributed by atoms with E-state index in [-0.39, 0.29) is 0 Å². The fourth-order valence-electron chi connectivity index (χ4n) is 1.95. The number of rotatable bonds is 4. The van der Waals surface area contributed by atoms with Crippen molar-refractivity contribution in [2.45, 2.75) is 6.92 Å². The Hall–Kier alpha value is -2.33. The van der Waals surface area contributed by atoms with Crippen molar-refractivity contribution in [2.75, 3.05) is 7.11 Å². The monoisotopic (exact) mass is 304 g/mol. The van der Waals surface area contributed by atoms with Crippen molar-refractivity contribution in [2.24, 2.45) is 0 Å². The van der Waals surface area contributed by atoms with E-state index in [1.807, 2.05) is 6.07 Å². The number of carbonyl (C=O) groups is 2. The highest BCUT2D eigenvalue weighted by molar-refractivity contribution is 6.67. The molecule has 21 heavy (non-hydrogen) atoms. The van der Waals surface area contributed by atoms with E-state index in [0.717, 1.165) is 5.56 Å². The molecule has 4 nitrogen and oxygen atoms in total. The summed E-state index contributed by atoms with van der Waals surface area (Å²) >= 11 is 5.51. The largest absolute Gasteiger partial charge is 0.496 e. The first kappa shape index (κ1) is 15.1. The first-order valence-corrected chi connectivity index (χ1v) is 6.56. The molecular weight excluding hydrogens is 292 g/mol. The van der Waals surface area contributed by atoms with Gasteiger partial charge in [-0.3, -0.25) is 9.59 Å². The number of methoxy groups -OCH3 is 1. The van der Waals surface area contributed by atoms with Crippen molar-refractivity contribution in [1.29, 1.82) is 0 Å². The molecule has 0 saturated carbocycles. The highest BCUT2D eigenvalue weighted by Crippen LogP contribution is 2.33. The van der Waals surface area contributed by atoms with E-state index >= 15 is 0 Å². The Balaban J connectivity index is 2.51. The normalized spacial score (nSPS) is 10.0. The van der Waals surface area contributed by atoms with E-state index in [1.165, 1.54) is 14.0 Å². The number of hydrogen-bond donors (Lipinski definition) is 0. The molecule has 0 N–H and O–H groups in total. The first-order chi connectivity index (χ1) is 10.0. The van der Waals surface area contributed by atoms with Gasteiger partial charge in [0, 0.05) is 18.1 Å². The number of carbonyl (C=O) groups excluding carboxylic acids is 2. The van der Waals surface area contributed by atoms with Gasteiger partial charge in [-0.05, 0) is 47.5 Å². The summed E-state index contributed by atoms with van der Waals surface area (Å²) in [5.74, 6) is 0.616. The van der Waals surface area contributed by atoms with E-state index in [0.29, 0.717) is 22.6 Å². The van der Waals surface area contributed by atoms with Gasteiger partial charge in [0.2, 0.25) is 0 Å². The van der Waals surface area contributed by atoms with Gasteiger partial charge in [0.15, 0.2) is 0 Å². The van der Waals surface area contributed by atoms with Crippen LogP contribution in [0.4, 0.5) is 0 Å². The molecule has 0 amide bonds. The molecule has 0 heterocycles. The quantitative estimate of drug-likeness (QED) is 0.491. The SMILES string of the molecule is COc1ccc(C(=O)Cl)cc1-c1cccc(OC(C)=O)c1. The molecular formula is C16H13ClO4. The maximum Gasteiger partial charge on any atom is 0.308 e. The third-order valence-electron chi connectivity index (χ3n) is 2.83. The summed E-state index contributed by atoms with van der Waals surface area (Å²) in [6.07, 6.45) is 0. The van der Waals surface area contributed by atoms with Crippen LogP contribution in [0.3, 0.4) is 0 Å². The van der Waals surface area contributed by atoms with Crippen molar-refractivity contribution < 1.29 is 19.1 Å². The van der Waals surface area contributed by atoms with Crippen LogP contribution in [0, 0.1) is 0 Å². The maximum atomic E-state index is 11.3. The molecule has 2 aromatic rings. The number of ether oxygens (including phenoxy) is 2. The molecule has 2 rings (SSSR count). The Labute approximate surface area is 127 Å². The lowest BCUT2D eigenvalue weighted by molar-refractivity contribution is -0.131. The Morgan fingerprint density at radius 2 is 1.86 bits per heavy atom. The summed E-state index contributed by atoms with van der Waals surface area (Å²) in [4.78, 5) is 22.3. The summed E-state index contributed by atoms with van der Waals surface area (Å²) in [6, 6.07) is 11.9. The number of esters is 1. The molecule has 0 bridgehead atoms. The Morgan fingerprint density at radius 1 is 1.10 bits per heavy atom. The highest BCUT2D eigenvalue weighted by Gasteiger charge is 2.11. The third-order valence-corrected chi connectivity index (χ3v) is 3.05. The van der Waals surface area contributed by atoms with Gasteiger partial charge in [0.05, 0.1) is 7.11 Å². The maximum absolute atomic E-state index is 11.3. The lowest BCUT2D eigenvalue weighted by Gasteiger charge is -2.11. The van der Waals surface area contributed by atoms with Crippen molar-refractivity contribution in [1.82, 2.24) is 0 Å². The van der Waals surface area contributed by atoms with E-state index in [4.69, 9.17) is 21.1 Å². The minimum atomic E-state index is -0.546. The van der Waals surface area contributed by atoms with Gasteiger partial charge in [-0.25, -0.2) is 0 Å². The zero-order valence-electron chi connectivity index (χ0n) is 11.6. The third kappa shape index (κ3) is 3.61. The van der Waals surface area contributed by atoms with Crippen molar-refractivity contribution in [3.63, 3.8) is 0 Å². The molecule has 0 fully saturated rings. The second kappa shape index (κ2) is 6.41. The van der Waals surface area contributed by atoms with Crippen LogP contribution in [-0.4, -0.2) is 18.3 Å². The number of benzene rings is 2. The molecule has 0 spiro atoms. The van der Waals surface area contributed by atoms with Gasteiger partial charge in [-0.2, -0.15) is 0 Å². The Morgan fingerprint density at radius 3 is 2.48 bits per heavy atom. The molecule has 108 valence electrons. The number of hydrogen-bond acceptors (Lipinski definition) is 4. The van der Waals surface area contributed by atoms with Crippen LogP contribution >= 0.6 is 11.6 Å². The molecule has 0 saturated heterocycles. The van der Waals surface area contributed by atoms with Gasteiger partial charge >= 0.3 is 5.97 Å². The predicted octanol–water partition coefficient (Wildman–Crippen LogP) is 3.67. The van der Waals surface area contributed by atoms with Gasteiger partial charge in [0.25, 0.3) is 5.24 Å². The minimum absolute atomic E-state index is 0.366. The molecule has 0 unspecified atom stereocenters. The molecule has 0 aromatic heterocycles. The van der Waals surface area contributed by atoms with Crippen LogP contribution in [0.25, 0.3) is 11.1 Å². The molecule has 0 aliphatic heterocycles. The van der Waals surface area contributed by atoms with E-state index in [9.17, 15) is 9.59 Å². The Bertz CT molecular complexity index is 694. The fourth-order valence-corrected chi connectivity index (χ4v) is 2.07. The summed E-state index contributed by atoms with van der Waals surface area (Å²) in [5, 5.41) is -0.546. The van der Waals surface area contributed by atoms with Gasteiger partial charge in [-0.1, -0.05) is 12.1 Å². The zero-order chi connectivity index (χ0) is 15.4. The van der Waals surface area contributed by atoms with Crippen molar-refractivity contribution in [3.05, 3.63) is 48.0 Å². The van der Waals surface area contributed by atoms with Gasteiger partial charge < -0.3 is 9.47 Å². The molecule has 0 radical (unpaired) electrons. The summed E-state index contributed by atoms with van der Waals surface area (Å²) in [7, 11) is 1.54. The number of halogens is 1. The van der Waals surface area contributed by atoms with E-state index < -0.39 is 11.2 Å². The summed E-state index contributed by atoms with van der Waals surface area (Å²) in [5.41, 5.74) is 1.81. The minimum Gasteiger partial charge on any atom is -0.496 e. The first-order valence-electron chi connectivity index (χ1n) is 6.18. The van der Waals surface area contributed by atoms with Crippen LogP contribution in [-0.2, 0) is 4.79 Å². The standard InChI is InChI=1S/C16H13ClO4/c1-10(18)21-13-5-3-4-11(8-13)14-9-12(16(17)19)6-7-15(14)20-2/h3-9H,1-2H3. The predicted molar refractivity (Wildman–Crippen MR) is 79.9 cm³/mol. The Kier molecular flexibility index (Phi) is 4.60. The van der Waals surface area contributed by atoms with Crippen LogP contribution in [0.2, 0.25) is 0 Å². The average molecular weight is 305 g/mol. The van der Waals surface area contributed by atoms with Crippen molar-refractivity contribution in [3.8, 4) is 22.6 Å². The molecule has 0 aliphatic rings. The lowest BCUT2D eigenvalue weighted by Crippen LogP contribution is -2.01. The van der Waals surface area contributed by atoms with Crippen LogP contribution < -0.4 is 9.47 Å². The summed E-state index contributed by atoms with van der Waals surface area (Å²) in [6.45, 7) is 1.33. The molecule has 5 heteroatoms. The van der Waals surface area contributed by atoms with Crippen LogP contribution in [0.5, 0.6) is 11.5 Å². The second-order valence-electron chi connectivity index (χ2n) is 4.31. The lowest BCUT2D eigenvalue weighted by atomic mass is 10.0. The smallest absolute Gasteiger partial charge is 0.308 e. The van der Waals surface area contributed by atoms with Gasteiger partial charge in [-0.15, -0.1) is 0 Å². The topological polar surface area (TPSA) is 52.6 Å². The molecule has 0 aliphatic carbocycles. The molecule has 2 aromatic carbocycles. The second-order valence-corrected chi connectivity index (χ2v) is 4.65. The van der Waals surface area contributed by atoms with Crippen LogP contribution in [0.1, 0.15) is 17.3 Å². The highest BCUT2D eigenvalue weighted by atomic mass is 35.5. The average Bonchev–Trinajstić information content (AvgIpc) is 2.46.